The molecule has 0 spiro atoms. The maximum Gasteiger partial charge on any atom is 0.344 e. The number of hydrogen-bond donors (Lipinski definition) is 1. The van der Waals surface area contributed by atoms with Gasteiger partial charge in [-0.15, -0.1) is 11.8 Å². The van der Waals surface area contributed by atoms with Crippen LogP contribution in [0.4, 0.5) is 0 Å². The Hall–Kier alpha value is -2.46. The molecule has 1 aliphatic rings. The Labute approximate surface area is 169 Å². The number of thioether (sulfide) groups is 1. The zero-order chi connectivity index (χ0) is 19.3. The molecule has 4 heteroatoms. The predicted octanol–water partition coefficient (Wildman–Crippen LogP) is 6.17. The first-order chi connectivity index (χ1) is 13.7. The van der Waals surface area contributed by atoms with E-state index in [1.54, 1.807) is 17.8 Å². The molecule has 1 N–H and O–H groups in total. The Balaban J connectivity index is 1.74. The van der Waals surface area contributed by atoms with E-state index < -0.39 is 5.63 Å². The molecule has 1 aliphatic carbocycles. The van der Waals surface area contributed by atoms with Gasteiger partial charge < -0.3 is 9.52 Å². The minimum Gasteiger partial charge on any atom is -0.507 e. The van der Waals surface area contributed by atoms with Gasteiger partial charge in [0.05, 0.1) is 10.8 Å². The van der Waals surface area contributed by atoms with Gasteiger partial charge in [-0.25, -0.2) is 4.79 Å². The quantitative estimate of drug-likeness (QED) is 0.564. The van der Waals surface area contributed by atoms with Crippen LogP contribution in [0.15, 0.2) is 75.9 Å². The first kappa shape index (κ1) is 18.9. The molecule has 0 radical (unpaired) electrons. The molecule has 1 heterocycles. The first-order valence-corrected chi connectivity index (χ1v) is 10.8. The summed E-state index contributed by atoms with van der Waals surface area (Å²) in [5.41, 5.74) is 1.68. The highest BCUT2D eigenvalue weighted by molar-refractivity contribution is 8.00. The summed E-state index contributed by atoms with van der Waals surface area (Å²) in [6.07, 6.45) is 6.05. The third kappa shape index (κ3) is 4.17. The monoisotopic (exact) mass is 392 g/mol. The van der Waals surface area contributed by atoms with Gasteiger partial charge >= 0.3 is 5.63 Å². The second-order valence-corrected chi connectivity index (χ2v) is 8.66. The third-order valence-electron chi connectivity index (χ3n) is 5.27. The Morgan fingerprint density at radius 2 is 1.57 bits per heavy atom. The Morgan fingerprint density at radius 1 is 0.929 bits per heavy atom. The average Bonchev–Trinajstić information content (AvgIpc) is 2.74. The van der Waals surface area contributed by atoms with Crippen molar-refractivity contribution >= 4 is 11.8 Å². The van der Waals surface area contributed by atoms with Gasteiger partial charge in [0.2, 0.25) is 0 Å². The van der Waals surface area contributed by atoms with Gasteiger partial charge in [-0.3, -0.25) is 0 Å². The number of hydrogen-bond acceptors (Lipinski definition) is 4. The van der Waals surface area contributed by atoms with Gasteiger partial charge in [-0.05, 0) is 18.4 Å². The summed E-state index contributed by atoms with van der Waals surface area (Å²) in [6.45, 7) is 0. The van der Waals surface area contributed by atoms with Crippen LogP contribution < -0.4 is 5.63 Å². The van der Waals surface area contributed by atoms with Gasteiger partial charge in [-0.2, -0.15) is 0 Å². The summed E-state index contributed by atoms with van der Waals surface area (Å²) in [5.74, 6) is 0.397. The van der Waals surface area contributed by atoms with Crippen molar-refractivity contribution in [1.82, 2.24) is 0 Å². The van der Waals surface area contributed by atoms with E-state index in [1.165, 1.54) is 19.3 Å². The molecular weight excluding hydrogens is 368 g/mol. The van der Waals surface area contributed by atoms with Crippen molar-refractivity contribution in [3.8, 4) is 17.1 Å². The minimum atomic E-state index is -0.462. The fourth-order valence-electron chi connectivity index (χ4n) is 3.81. The molecule has 0 bridgehead atoms. The van der Waals surface area contributed by atoms with E-state index in [1.807, 2.05) is 60.7 Å². The summed E-state index contributed by atoms with van der Waals surface area (Å²) >= 11 is 1.78. The predicted molar refractivity (Wildman–Crippen MR) is 115 cm³/mol. The van der Waals surface area contributed by atoms with Crippen LogP contribution in [0.2, 0.25) is 0 Å². The van der Waals surface area contributed by atoms with Crippen molar-refractivity contribution in [2.24, 2.45) is 0 Å². The lowest BCUT2D eigenvalue weighted by Crippen LogP contribution is -2.17. The Bertz CT molecular complexity index is 960. The lowest BCUT2D eigenvalue weighted by molar-refractivity contribution is 0.442. The zero-order valence-electron chi connectivity index (χ0n) is 15.7. The smallest absolute Gasteiger partial charge is 0.344 e. The standard InChI is InChI=1S/C24H24O3S/c25-20-16-21(17-10-4-1-5-11-17)27-24(26)22(20)23(18-12-6-2-7-13-18)28-19-14-8-3-9-15-19/h1-2,4-7,10-13,16,19,23,25H,3,8-9,14-15H2/t23-/m1/s1. The average molecular weight is 393 g/mol. The van der Waals surface area contributed by atoms with Gasteiger partial charge in [-0.1, -0.05) is 79.9 Å². The van der Waals surface area contributed by atoms with E-state index in [4.69, 9.17) is 4.42 Å². The lowest BCUT2D eigenvalue weighted by Gasteiger charge is -2.26. The molecule has 0 unspecified atom stereocenters. The third-order valence-corrected chi connectivity index (χ3v) is 6.91. The van der Waals surface area contributed by atoms with Crippen LogP contribution >= 0.6 is 11.8 Å². The van der Waals surface area contributed by atoms with Crippen molar-refractivity contribution < 1.29 is 9.52 Å². The Morgan fingerprint density at radius 3 is 2.21 bits per heavy atom. The summed E-state index contributed by atoms with van der Waals surface area (Å²) in [5, 5.41) is 11.1. The molecule has 0 saturated heterocycles. The van der Waals surface area contributed by atoms with E-state index in [9.17, 15) is 9.90 Å². The van der Waals surface area contributed by atoms with Crippen LogP contribution in [0.5, 0.6) is 5.75 Å². The molecule has 0 aliphatic heterocycles. The van der Waals surface area contributed by atoms with E-state index in [-0.39, 0.29) is 11.0 Å². The van der Waals surface area contributed by atoms with Gasteiger partial charge in [0.1, 0.15) is 11.5 Å². The highest BCUT2D eigenvalue weighted by Crippen LogP contribution is 2.44. The van der Waals surface area contributed by atoms with Crippen LogP contribution in [-0.2, 0) is 0 Å². The lowest BCUT2D eigenvalue weighted by atomic mass is 10.0. The summed E-state index contributed by atoms with van der Waals surface area (Å²) < 4.78 is 5.64. The molecule has 144 valence electrons. The maximum absolute atomic E-state index is 13.0. The van der Waals surface area contributed by atoms with Crippen molar-refractivity contribution in [2.45, 2.75) is 42.6 Å². The van der Waals surface area contributed by atoms with E-state index in [0.717, 1.165) is 24.0 Å². The molecule has 28 heavy (non-hydrogen) atoms. The molecule has 0 amide bonds. The summed E-state index contributed by atoms with van der Waals surface area (Å²) in [6, 6.07) is 20.9. The maximum atomic E-state index is 13.0. The van der Waals surface area contributed by atoms with Crippen LogP contribution in [0, 0.1) is 0 Å². The van der Waals surface area contributed by atoms with Gasteiger partial charge in [0.15, 0.2) is 0 Å². The molecule has 1 fully saturated rings. The number of aromatic hydroxyl groups is 1. The molecular formula is C24H24O3S. The molecule has 3 aromatic rings. The topological polar surface area (TPSA) is 50.4 Å². The number of benzene rings is 2. The Kier molecular flexibility index (Phi) is 5.87. The largest absolute Gasteiger partial charge is 0.507 e. The van der Waals surface area contributed by atoms with Crippen LogP contribution in [0.1, 0.15) is 48.5 Å². The van der Waals surface area contributed by atoms with Crippen LogP contribution in [-0.4, -0.2) is 10.4 Å². The molecule has 1 saturated carbocycles. The van der Waals surface area contributed by atoms with Gasteiger partial charge in [0.25, 0.3) is 0 Å². The highest BCUT2D eigenvalue weighted by Gasteiger charge is 2.28. The van der Waals surface area contributed by atoms with E-state index in [0.29, 0.717) is 16.6 Å². The van der Waals surface area contributed by atoms with Crippen LogP contribution in [0.25, 0.3) is 11.3 Å². The molecule has 2 aromatic carbocycles. The van der Waals surface area contributed by atoms with E-state index >= 15 is 0 Å². The van der Waals surface area contributed by atoms with Crippen molar-refractivity contribution in [1.29, 1.82) is 0 Å². The fourth-order valence-corrected chi connectivity index (χ4v) is 5.47. The molecule has 3 nitrogen and oxygen atoms in total. The van der Waals surface area contributed by atoms with Crippen molar-refractivity contribution in [2.75, 3.05) is 0 Å². The second kappa shape index (κ2) is 8.70. The van der Waals surface area contributed by atoms with E-state index in [2.05, 4.69) is 0 Å². The fraction of sp³-hybridized carbons (Fsp3) is 0.292. The summed E-state index contributed by atoms with van der Waals surface area (Å²) in [7, 11) is 0. The van der Waals surface area contributed by atoms with Crippen molar-refractivity contribution in [3.63, 3.8) is 0 Å². The normalized spacial score (nSPS) is 16.0. The number of rotatable bonds is 5. The molecule has 4 rings (SSSR count). The minimum absolute atomic E-state index is 0.00673. The van der Waals surface area contributed by atoms with Gasteiger partial charge in [0, 0.05) is 16.9 Å². The molecule has 1 aromatic heterocycles. The van der Waals surface area contributed by atoms with Crippen LogP contribution in [0.3, 0.4) is 0 Å². The SMILES string of the molecule is O=c1oc(-c2ccccc2)cc(O)c1[C@H](SC1CCCCC1)c1ccccc1. The highest BCUT2D eigenvalue weighted by atomic mass is 32.2. The zero-order valence-corrected chi connectivity index (χ0v) is 16.5. The summed E-state index contributed by atoms with van der Waals surface area (Å²) in [4.78, 5) is 13.0. The van der Waals surface area contributed by atoms with Crippen molar-refractivity contribution in [3.05, 3.63) is 88.3 Å². The first-order valence-electron chi connectivity index (χ1n) is 9.85. The molecule has 1 atom stereocenters. The second-order valence-electron chi connectivity index (χ2n) is 7.25.